The van der Waals surface area contributed by atoms with Crippen molar-refractivity contribution in [3.05, 3.63) is 76.1 Å². The average Bonchev–Trinajstić information content (AvgIpc) is 1.60. The van der Waals surface area contributed by atoms with Crippen molar-refractivity contribution in [3.63, 3.8) is 0 Å². The number of methoxy groups -OCH3 is 2. The second-order valence-corrected chi connectivity index (χ2v) is 24.4. The molecule has 4 bridgehead atoms. The number of halogens is 4. The molecule has 0 saturated carbocycles. The molecule has 3 aliphatic heterocycles. The highest BCUT2D eigenvalue weighted by atomic mass is 79.9. The van der Waals surface area contributed by atoms with E-state index in [0.717, 1.165) is 28.2 Å². The number of unbranched alkanes of at least 4 members (excludes halogenated alkanes) is 2. The smallest absolute Gasteiger partial charge is 0.409 e. The highest BCUT2D eigenvalue weighted by Gasteiger charge is 2.64. The number of epoxide rings is 1. The number of fused-ring (bicyclic) bond motifs is 5. The van der Waals surface area contributed by atoms with Gasteiger partial charge in [-0.15, -0.1) is 0 Å². The number of urea groups is 1. The van der Waals surface area contributed by atoms with Gasteiger partial charge in [-0.2, -0.15) is 0 Å². The first-order chi connectivity index (χ1) is 41.5. The maximum atomic E-state index is 16.2. The number of nitrogens with two attached hydrogens (primary N) is 1. The van der Waals surface area contributed by atoms with E-state index in [-0.39, 0.29) is 72.9 Å². The molecule has 0 radical (unpaired) electrons. The van der Waals surface area contributed by atoms with E-state index in [1.54, 1.807) is 52.0 Å². The van der Waals surface area contributed by atoms with Crippen molar-refractivity contribution in [2.45, 2.75) is 153 Å². The molecule has 24 nitrogen and oxygen atoms in total. The third-order valence-electron chi connectivity index (χ3n) is 15.8. The zero-order valence-electron chi connectivity index (χ0n) is 51.1. The van der Waals surface area contributed by atoms with E-state index in [9.17, 15) is 48.3 Å². The summed E-state index contributed by atoms with van der Waals surface area (Å²) in [6, 6.07) is 2.07. The molecule has 0 spiro atoms. The van der Waals surface area contributed by atoms with E-state index in [2.05, 4.69) is 58.4 Å². The molecule has 0 unspecified atom stereocenters. The zero-order chi connectivity index (χ0) is 65.4. The summed E-state index contributed by atoms with van der Waals surface area (Å²) in [6.07, 6.45) is 1.40. The maximum absolute atomic E-state index is 16.2. The largest absolute Gasteiger partial charge is 0.495 e. The monoisotopic (exact) mass is 1380 g/mol. The number of nitrogens with zero attached hydrogens (tertiary/aromatic N) is 2. The Bertz CT molecular complexity index is 2940. The van der Waals surface area contributed by atoms with Crippen molar-refractivity contribution in [3.8, 4) is 5.75 Å². The number of aliphatic hydroxyl groups is 1. The fourth-order valence-corrected chi connectivity index (χ4v) is 12.1. The van der Waals surface area contributed by atoms with Gasteiger partial charge in [0, 0.05) is 62.9 Å². The third kappa shape index (κ3) is 19.3. The fraction of sp³-hybridized carbons (Fsp3) is 0.583. The lowest BCUT2D eigenvalue weighted by molar-refractivity contribution is -0.158. The minimum atomic E-state index is -1.94. The van der Waals surface area contributed by atoms with Gasteiger partial charge in [0.15, 0.2) is 5.72 Å². The van der Waals surface area contributed by atoms with E-state index in [1.165, 1.54) is 46.2 Å². The Morgan fingerprint density at radius 1 is 1.00 bits per heavy atom. The molecule has 2 saturated heterocycles. The van der Waals surface area contributed by atoms with Gasteiger partial charge in [-0.05, 0) is 101 Å². The van der Waals surface area contributed by atoms with Crippen molar-refractivity contribution in [1.29, 1.82) is 0 Å². The number of primary amides is 1. The topological polar surface area (TPSA) is 325 Å². The summed E-state index contributed by atoms with van der Waals surface area (Å²) in [4.78, 5) is 122. The predicted octanol–water partition coefficient (Wildman–Crippen LogP) is 6.49. The molecule has 2 aromatic carbocycles. The van der Waals surface area contributed by atoms with Crippen molar-refractivity contribution < 1.29 is 81.1 Å². The standard InChI is InChI=1S/C60H82Br2ClFN8O16/c1-32(2)50(69-47(73)19-12-11-13-23-85-56(79)37(30-61)31-62)53(76)68-41(17-15-22-66-57(65)80)52(75)67-38-20-21-39(40(64)27-38)54(77)71(7)35(5)55(78)87-46-28-48(74)72(8)42-25-36(26-43(83-9)49(42)63)24-33(3)16-14-18-45(84-10)60(82)29-44(86-58(81)70-60)34(4)51-59(46,6)88-51/h14,16,18,20-21,25-27,32,34-35,37,41,44-46,50-51,82H,11-13,15,17,19,22-24,28-31H2,1-10H3,(H,67,75)(H,68,76)(H,69,73)(H,70,81)(H3,65,66,80)/b18-14+,33-16+/t34-,35+,41+,44+,45-,46+,50+,51+,59+,60+/m1/s1. The Morgan fingerprint density at radius 2 is 1.70 bits per heavy atom. The molecule has 486 valence electrons. The number of carbonyl (C=O) groups is 9. The van der Waals surface area contributed by atoms with Crippen molar-refractivity contribution in [2.24, 2.45) is 23.5 Å². The third-order valence-corrected chi connectivity index (χ3v) is 17.7. The van der Waals surface area contributed by atoms with E-state index < -0.39 is 131 Å². The zero-order valence-corrected chi connectivity index (χ0v) is 55.1. The first-order valence-electron chi connectivity index (χ1n) is 28.9. The van der Waals surface area contributed by atoms with Crippen LogP contribution in [0.25, 0.3) is 0 Å². The van der Waals surface area contributed by atoms with Gasteiger partial charge in [0.2, 0.25) is 23.6 Å². The summed E-state index contributed by atoms with van der Waals surface area (Å²) in [5.74, 6) is -7.05. The molecule has 0 aromatic heterocycles. The number of benzene rings is 2. The summed E-state index contributed by atoms with van der Waals surface area (Å²) < 4.78 is 50.9. The number of likely N-dealkylation sites (N-methyl/N-ethyl adjacent to an activating group) is 1. The number of amides is 8. The number of alkyl halides is 2. The van der Waals surface area contributed by atoms with Crippen LogP contribution >= 0.6 is 43.5 Å². The summed E-state index contributed by atoms with van der Waals surface area (Å²) in [7, 11) is 5.55. The van der Waals surface area contributed by atoms with Gasteiger partial charge in [0.05, 0.1) is 43.4 Å². The molecule has 8 N–H and O–H groups in total. The second-order valence-electron chi connectivity index (χ2n) is 22.8. The molecule has 88 heavy (non-hydrogen) atoms. The highest BCUT2D eigenvalue weighted by Crippen LogP contribution is 2.49. The van der Waals surface area contributed by atoms with Crippen molar-refractivity contribution >= 4 is 108 Å². The lowest BCUT2D eigenvalue weighted by Gasteiger charge is -2.42. The minimum Gasteiger partial charge on any atom is -0.495 e. The molecule has 10 atom stereocenters. The van der Waals surface area contributed by atoms with Crippen LogP contribution in [-0.4, -0.2) is 170 Å². The molecular formula is C60H82Br2ClFN8O16. The summed E-state index contributed by atoms with van der Waals surface area (Å²) in [5, 5.41) is 25.8. The van der Waals surface area contributed by atoms with E-state index in [0.29, 0.717) is 36.3 Å². The Morgan fingerprint density at radius 3 is 2.34 bits per heavy atom. The summed E-state index contributed by atoms with van der Waals surface area (Å²) >= 11 is 13.4. The van der Waals surface area contributed by atoms with Crippen LogP contribution in [0.2, 0.25) is 5.02 Å². The maximum Gasteiger partial charge on any atom is 0.409 e. The molecular weight excluding hydrogens is 1300 g/mol. The Hall–Kier alpha value is -6.39. The van der Waals surface area contributed by atoms with Crippen molar-refractivity contribution in [2.75, 3.05) is 62.3 Å². The van der Waals surface area contributed by atoms with Gasteiger partial charge in [-0.3, -0.25) is 34.1 Å². The lowest BCUT2D eigenvalue weighted by atomic mass is 9.83. The molecule has 0 aliphatic carbocycles. The highest BCUT2D eigenvalue weighted by molar-refractivity contribution is 9.09. The van der Waals surface area contributed by atoms with Crippen LogP contribution in [0.5, 0.6) is 5.75 Å². The van der Waals surface area contributed by atoms with Gasteiger partial charge >= 0.3 is 24.1 Å². The lowest BCUT2D eigenvalue weighted by Crippen LogP contribution is -2.63. The van der Waals surface area contributed by atoms with E-state index >= 15 is 4.39 Å². The Kier molecular flexibility index (Phi) is 27.1. The number of esters is 2. The van der Waals surface area contributed by atoms with Crippen LogP contribution < -0.4 is 42.0 Å². The average molecular weight is 1390 g/mol. The first-order valence-corrected chi connectivity index (χ1v) is 31.5. The van der Waals surface area contributed by atoms with Gasteiger partial charge < -0.3 is 70.3 Å². The van der Waals surface area contributed by atoms with E-state index in [4.69, 9.17) is 45.8 Å². The van der Waals surface area contributed by atoms with Crippen molar-refractivity contribution in [1.82, 2.24) is 26.2 Å². The number of hydrogen-bond donors (Lipinski definition) is 7. The van der Waals surface area contributed by atoms with Gasteiger partial charge in [0.1, 0.15) is 58.6 Å². The van der Waals surface area contributed by atoms with Crippen LogP contribution in [-0.2, 0) is 58.9 Å². The number of ether oxygens (including phenoxy) is 6. The van der Waals surface area contributed by atoms with Crippen LogP contribution in [0, 0.1) is 23.6 Å². The number of hydrogen-bond acceptors (Lipinski definition) is 16. The number of allylic oxidation sites excluding steroid dienone is 3. The molecule has 3 heterocycles. The number of rotatable bonds is 25. The van der Waals surface area contributed by atoms with Gasteiger partial charge in [-0.1, -0.05) is 88.0 Å². The minimum absolute atomic E-state index is 0.0375. The second kappa shape index (κ2) is 32.9. The molecule has 5 rings (SSSR count). The first kappa shape index (κ1) is 72.4. The number of carbonyl (C=O) groups excluding carboxylic acids is 9. The number of nitrogens with one attached hydrogen (secondary N) is 5. The quantitative estimate of drug-likeness (QED) is 0.0184. The Labute approximate surface area is 533 Å². The molecule has 2 aromatic rings. The predicted molar refractivity (Wildman–Crippen MR) is 331 cm³/mol. The van der Waals surface area contributed by atoms with Gasteiger partial charge in [0.25, 0.3) is 5.91 Å². The molecule has 3 aliphatic rings. The van der Waals surface area contributed by atoms with Crippen LogP contribution in [0.4, 0.5) is 25.4 Å². The van der Waals surface area contributed by atoms with Crippen LogP contribution in [0.3, 0.4) is 0 Å². The Balaban J connectivity index is 1.32. The summed E-state index contributed by atoms with van der Waals surface area (Å²) in [5.41, 5.74) is 3.09. The number of alkyl carbamates (subject to hydrolysis) is 1. The number of anilines is 2. The molecule has 8 amide bonds. The van der Waals surface area contributed by atoms with E-state index in [1.807, 2.05) is 13.0 Å². The summed E-state index contributed by atoms with van der Waals surface area (Å²) in [6.45, 7) is 10.2. The van der Waals surface area contributed by atoms with Crippen LogP contribution in [0.1, 0.15) is 109 Å². The van der Waals surface area contributed by atoms with Gasteiger partial charge in [-0.25, -0.2) is 18.8 Å². The molecule has 2 fully saturated rings. The SMILES string of the molecule is COc1cc2cc(c1Cl)N(C)C(=O)C[C@H](OC(=O)[C@H](C)N(C)C(=O)c1ccc(NC(=O)[C@H](CCCNC(N)=O)NC(=O)[C@@H](NC(=O)CCCCCOC(=O)C(CBr)CBr)C(C)C)cc1F)[C@]1(C)O[C@H]1[C@H](C)[C@@H]1C[C@@](O)(NC(=O)O1)[C@H](OC)/C=C/C=C(\C)C2. The van der Waals surface area contributed by atoms with Crippen LogP contribution in [0.15, 0.2) is 54.1 Å². The molecule has 28 heteroatoms. The fourth-order valence-electron chi connectivity index (χ4n) is 10.2. The normalized spacial score (nSPS) is 23.9.